The summed E-state index contributed by atoms with van der Waals surface area (Å²) in [4.78, 5) is 17.8. The molecule has 2 aromatic carbocycles. The van der Waals surface area contributed by atoms with Crippen molar-refractivity contribution in [1.29, 1.82) is 0 Å². The van der Waals surface area contributed by atoms with Crippen molar-refractivity contribution < 1.29 is 14.3 Å². The minimum Gasteiger partial charge on any atom is -0.495 e. The number of fused-ring (bicyclic) bond motifs is 1. The first-order valence-corrected chi connectivity index (χ1v) is 10.4. The molecular formula is C22H26N2O3S. The fourth-order valence-corrected chi connectivity index (χ4v) is 4.18. The van der Waals surface area contributed by atoms with Gasteiger partial charge in [-0.1, -0.05) is 30.7 Å². The Bertz CT molecular complexity index is 1030. The van der Waals surface area contributed by atoms with Crippen LogP contribution in [-0.2, 0) is 6.54 Å². The quantitative estimate of drug-likeness (QED) is 0.529. The molecule has 0 saturated heterocycles. The van der Waals surface area contributed by atoms with Crippen LogP contribution in [0.1, 0.15) is 42.6 Å². The number of unbranched alkanes of at least 4 members (excludes halogenated alkanes) is 1. The number of amides is 1. The van der Waals surface area contributed by atoms with Crippen molar-refractivity contribution in [2.75, 3.05) is 13.7 Å². The number of methoxy groups -OCH3 is 1. The highest BCUT2D eigenvalue weighted by Crippen LogP contribution is 2.30. The number of carbonyl (C=O) groups excluding carboxylic acids is 1. The fraction of sp³-hybridized carbons (Fsp3) is 0.364. The van der Waals surface area contributed by atoms with Gasteiger partial charge in [-0.2, -0.15) is 4.99 Å². The third-order valence-electron chi connectivity index (χ3n) is 4.59. The molecule has 3 aromatic rings. The Morgan fingerprint density at radius 2 is 1.89 bits per heavy atom. The van der Waals surface area contributed by atoms with Crippen LogP contribution in [0, 0.1) is 6.92 Å². The first kappa shape index (κ1) is 20.1. The zero-order valence-corrected chi connectivity index (χ0v) is 17.6. The molecule has 28 heavy (non-hydrogen) atoms. The Labute approximate surface area is 169 Å². The van der Waals surface area contributed by atoms with E-state index in [1.165, 1.54) is 11.3 Å². The Kier molecular flexibility index (Phi) is 6.52. The van der Waals surface area contributed by atoms with Crippen molar-refractivity contribution in [3.8, 4) is 11.5 Å². The van der Waals surface area contributed by atoms with Gasteiger partial charge in [0, 0.05) is 12.1 Å². The lowest BCUT2D eigenvalue weighted by atomic mass is 10.2. The maximum Gasteiger partial charge on any atom is 0.279 e. The molecule has 0 N–H and O–H groups in total. The zero-order valence-electron chi connectivity index (χ0n) is 16.8. The summed E-state index contributed by atoms with van der Waals surface area (Å²) in [6.07, 6.45) is 2.11. The van der Waals surface area contributed by atoms with Crippen LogP contribution in [0.5, 0.6) is 11.5 Å². The third kappa shape index (κ3) is 4.12. The predicted molar refractivity (Wildman–Crippen MR) is 114 cm³/mol. The molecule has 0 unspecified atom stereocenters. The highest BCUT2D eigenvalue weighted by Gasteiger charge is 2.14. The highest BCUT2D eigenvalue weighted by molar-refractivity contribution is 7.16. The van der Waals surface area contributed by atoms with E-state index >= 15 is 0 Å². The molecule has 0 atom stereocenters. The van der Waals surface area contributed by atoms with Crippen LogP contribution in [0.4, 0.5) is 0 Å². The maximum absolute atomic E-state index is 12.7. The molecular weight excluding hydrogens is 372 g/mol. The van der Waals surface area contributed by atoms with Crippen LogP contribution < -0.4 is 14.3 Å². The minimum atomic E-state index is -0.259. The average Bonchev–Trinajstić information content (AvgIpc) is 3.08. The van der Waals surface area contributed by atoms with Crippen molar-refractivity contribution in [2.45, 2.75) is 40.2 Å². The fourth-order valence-electron chi connectivity index (χ4n) is 3.00. The van der Waals surface area contributed by atoms with Gasteiger partial charge in [0.25, 0.3) is 5.91 Å². The van der Waals surface area contributed by atoms with Gasteiger partial charge in [-0.05, 0) is 56.2 Å². The number of hydrogen-bond donors (Lipinski definition) is 0. The van der Waals surface area contributed by atoms with E-state index < -0.39 is 0 Å². The van der Waals surface area contributed by atoms with E-state index in [4.69, 9.17) is 9.47 Å². The molecule has 0 saturated carbocycles. The van der Waals surface area contributed by atoms with Crippen molar-refractivity contribution in [3.63, 3.8) is 0 Å². The normalized spacial score (nSPS) is 11.8. The van der Waals surface area contributed by atoms with Crippen molar-refractivity contribution in [2.24, 2.45) is 4.99 Å². The van der Waals surface area contributed by atoms with Gasteiger partial charge < -0.3 is 14.0 Å². The molecule has 0 aliphatic carbocycles. The summed E-state index contributed by atoms with van der Waals surface area (Å²) in [7, 11) is 1.66. The molecule has 1 heterocycles. The van der Waals surface area contributed by atoms with Gasteiger partial charge in [0.2, 0.25) is 0 Å². The number of thiazole rings is 1. The molecule has 1 aromatic heterocycles. The number of rotatable bonds is 7. The number of aromatic nitrogens is 1. The van der Waals surface area contributed by atoms with Crippen LogP contribution in [0.15, 0.2) is 41.4 Å². The summed E-state index contributed by atoms with van der Waals surface area (Å²) < 4.78 is 14.3. The van der Waals surface area contributed by atoms with Gasteiger partial charge in [0.15, 0.2) is 4.80 Å². The van der Waals surface area contributed by atoms with Gasteiger partial charge in [-0.3, -0.25) is 4.79 Å². The SMILES string of the molecule is CCCCOc1ccc(C(=O)N=c2sc3c(C)ccc(OC)c3n2CC)cc1. The van der Waals surface area contributed by atoms with E-state index in [0.717, 1.165) is 40.1 Å². The van der Waals surface area contributed by atoms with Crippen molar-refractivity contribution in [3.05, 3.63) is 52.3 Å². The third-order valence-corrected chi connectivity index (χ3v) is 5.80. The van der Waals surface area contributed by atoms with E-state index in [9.17, 15) is 4.79 Å². The molecule has 1 amide bonds. The number of ether oxygens (including phenoxy) is 2. The second kappa shape index (κ2) is 9.06. The number of hydrogen-bond acceptors (Lipinski definition) is 4. The Morgan fingerprint density at radius 3 is 2.54 bits per heavy atom. The van der Waals surface area contributed by atoms with Gasteiger partial charge in [0.05, 0.1) is 18.4 Å². The summed E-state index contributed by atoms with van der Waals surface area (Å²) >= 11 is 1.52. The summed E-state index contributed by atoms with van der Waals surface area (Å²) in [5, 5.41) is 0. The van der Waals surface area contributed by atoms with Crippen LogP contribution in [-0.4, -0.2) is 24.2 Å². The number of nitrogens with zero attached hydrogens (tertiary/aromatic N) is 2. The van der Waals surface area contributed by atoms with E-state index in [0.29, 0.717) is 23.5 Å². The lowest BCUT2D eigenvalue weighted by Gasteiger charge is -2.07. The lowest BCUT2D eigenvalue weighted by Crippen LogP contribution is -2.16. The van der Waals surface area contributed by atoms with Gasteiger partial charge >= 0.3 is 0 Å². The molecule has 5 nitrogen and oxygen atoms in total. The number of benzene rings is 2. The Hall–Kier alpha value is -2.60. The summed E-state index contributed by atoms with van der Waals surface area (Å²) in [6.45, 7) is 7.62. The summed E-state index contributed by atoms with van der Waals surface area (Å²) in [5.41, 5.74) is 2.68. The van der Waals surface area contributed by atoms with E-state index in [1.54, 1.807) is 19.2 Å². The highest BCUT2D eigenvalue weighted by atomic mass is 32.1. The van der Waals surface area contributed by atoms with E-state index in [-0.39, 0.29) is 5.91 Å². The predicted octanol–water partition coefficient (Wildman–Crippen LogP) is 4.96. The molecule has 148 valence electrons. The average molecular weight is 399 g/mol. The molecule has 0 spiro atoms. The smallest absolute Gasteiger partial charge is 0.279 e. The summed E-state index contributed by atoms with van der Waals surface area (Å²) in [5.74, 6) is 1.31. The van der Waals surface area contributed by atoms with Crippen LogP contribution >= 0.6 is 11.3 Å². The molecule has 0 bridgehead atoms. The Balaban J connectivity index is 1.95. The second-order valence-electron chi connectivity index (χ2n) is 6.53. The Morgan fingerprint density at radius 1 is 1.14 bits per heavy atom. The molecule has 3 rings (SSSR count). The van der Waals surface area contributed by atoms with Gasteiger partial charge in [-0.25, -0.2) is 0 Å². The van der Waals surface area contributed by atoms with Crippen LogP contribution in [0.25, 0.3) is 10.2 Å². The van der Waals surface area contributed by atoms with Crippen LogP contribution in [0.2, 0.25) is 0 Å². The number of carbonyl (C=O) groups is 1. The minimum absolute atomic E-state index is 0.259. The number of aryl methyl sites for hydroxylation is 2. The first-order valence-electron chi connectivity index (χ1n) is 9.57. The van der Waals surface area contributed by atoms with Crippen molar-refractivity contribution in [1.82, 2.24) is 4.57 Å². The molecule has 0 fully saturated rings. The first-order chi connectivity index (χ1) is 13.6. The van der Waals surface area contributed by atoms with Gasteiger partial charge in [0.1, 0.15) is 17.0 Å². The molecule has 0 aliphatic rings. The molecule has 0 radical (unpaired) electrons. The maximum atomic E-state index is 12.7. The zero-order chi connectivity index (χ0) is 20.1. The molecule has 0 aliphatic heterocycles. The monoisotopic (exact) mass is 398 g/mol. The summed E-state index contributed by atoms with van der Waals surface area (Å²) in [6, 6.07) is 11.2. The van der Waals surface area contributed by atoms with E-state index in [2.05, 4.69) is 18.8 Å². The largest absolute Gasteiger partial charge is 0.495 e. The standard InChI is InChI=1S/C22H26N2O3S/c1-5-7-14-27-17-11-9-16(10-12-17)21(25)23-22-24(6-2)19-18(26-4)13-8-15(3)20(19)28-22/h8-13H,5-7,14H2,1-4H3. The van der Waals surface area contributed by atoms with Crippen LogP contribution in [0.3, 0.4) is 0 Å². The molecule has 6 heteroatoms. The topological polar surface area (TPSA) is 52.8 Å². The van der Waals surface area contributed by atoms with Gasteiger partial charge in [-0.15, -0.1) is 0 Å². The van der Waals surface area contributed by atoms with Crippen molar-refractivity contribution >= 4 is 27.5 Å². The van der Waals surface area contributed by atoms with E-state index in [1.807, 2.05) is 35.8 Å². The second-order valence-corrected chi connectivity index (χ2v) is 7.51. The lowest BCUT2D eigenvalue weighted by molar-refractivity contribution is 0.0998.